The number of imide groups is 1. The Morgan fingerprint density at radius 2 is 1.57 bits per heavy atom. The lowest BCUT2D eigenvalue weighted by Crippen LogP contribution is -2.52. The van der Waals surface area contributed by atoms with Crippen molar-refractivity contribution in [3.63, 3.8) is 0 Å². The number of piperazine rings is 1. The fourth-order valence-corrected chi connectivity index (χ4v) is 8.83. The van der Waals surface area contributed by atoms with Gasteiger partial charge < -0.3 is 24.9 Å². The molecular weight excluding hydrogens is 706 g/mol. The summed E-state index contributed by atoms with van der Waals surface area (Å²) in [5, 5.41) is 2.99. The highest BCUT2D eigenvalue weighted by atomic mass is 35.5. The van der Waals surface area contributed by atoms with Gasteiger partial charge in [-0.05, 0) is 78.8 Å². The number of pyridine rings is 1. The Labute approximate surface area is 316 Å². The number of nitrogens with one attached hydrogen (secondary N) is 1. The average Bonchev–Trinajstić information content (AvgIpc) is 3.50. The van der Waals surface area contributed by atoms with E-state index in [0.717, 1.165) is 81.2 Å². The highest BCUT2D eigenvalue weighted by molar-refractivity contribution is 6.35. The number of hydrogen-bond donors (Lipinski definition) is 2. The first-order valence-corrected chi connectivity index (χ1v) is 19.0. The molecule has 3 N–H and O–H groups in total. The van der Waals surface area contributed by atoms with E-state index in [2.05, 4.69) is 43.2 Å². The summed E-state index contributed by atoms with van der Waals surface area (Å²) in [5.74, 6) is 0.0584. The Morgan fingerprint density at radius 1 is 0.833 bits per heavy atom. The van der Waals surface area contributed by atoms with Crippen molar-refractivity contribution in [2.45, 2.75) is 38.3 Å². The number of nitrogen functional groups attached to an aromatic ring is 1. The summed E-state index contributed by atoms with van der Waals surface area (Å²) in [6, 6.07) is 20.7. The molecule has 4 aliphatic rings. The van der Waals surface area contributed by atoms with Gasteiger partial charge in [0.1, 0.15) is 17.4 Å². The second-order valence-electron chi connectivity index (χ2n) is 14.8. The van der Waals surface area contributed by atoms with Gasteiger partial charge in [0.05, 0.1) is 10.4 Å². The van der Waals surface area contributed by atoms with Crippen LogP contribution in [0.4, 0.5) is 17.2 Å². The molecule has 3 aromatic carbocycles. The van der Waals surface area contributed by atoms with Crippen LogP contribution in [0, 0.1) is 5.92 Å². The number of halogens is 1. The zero-order valence-electron chi connectivity index (χ0n) is 29.7. The van der Waals surface area contributed by atoms with Gasteiger partial charge in [0, 0.05) is 81.3 Å². The van der Waals surface area contributed by atoms with Crippen molar-refractivity contribution >= 4 is 68.6 Å². The zero-order chi connectivity index (χ0) is 37.1. The molecule has 3 amide bonds. The van der Waals surface area contributed by atoms with Crippen LogP contribution in [0.15, 0.2) is 75.9 Å². The van der Waals surface area contributed by atoms with Gasteiger partial charge in [-0.25, -0.2) is 4.98 Å². The van der Waals surface area contributed by atoms with Gasteiger partial charge >= 0.3 is 0 Å². The van der Waals surface area contributed by atoms with Gasteiger partial charge in [0.2, 0.25) is 17.2 Å². The van der Waals surface area contributed by atoms with E-state index in [0.29, 0.717) is 51.6 Å². The fourth-order valence-electron chi connectivity index (χ4n) is 8.58. The smallest absolute Gasteiger partial charge is 0.255 e. The number of nitrogens with zero attached hydrogens (tertiary/aromatic N) is 5. The number of hydrogen-bond acceptors (Lipinski definition) is 10. The van der Waals surface area contributed by atoms with Crippen molar-refractivity contribution in [1.29, 1.82) is 0 Å². The van der Waals surface area contributed by atoms with E-state index >= 15 is 0 Å². The minimum atomic E-state index is -0.599. The molecule has 0 aliphatic carbocycles. The molecule has 54 heavy (non-hydrogen) atoms. The molecule has 4 aliphatic heterocycles. The van der Waals surface area contributed by atoms with E-state index in [1.165, 1.54) is 0 Å². The third-order valence-corrected chi connectivity index (χ3v) is 11.9. The summed E-state index contributed by atoms with van der Waals surface area (Å²) >= 11 is 6.33. The number of amides is 3. The summed E-state index contributed by atoms with van der Waals surface area (Å²) in [4.78, 5) is 64.0. The van der Waals surface area contributed by atoms with Gasteiger partial charge in [0.25, 0.3) is 5.91 Å². The molecule has 6 heterocycles. The quantitative estimate of drug-likeness (QED) is 0.179. The van der Waals surface area contributed by atoms with E-state index in [1.54, 1.807) is 29.2 Å². The molecule has 12 nitrogen and oxygen atoms in total. The normalized spacial score (nSPS) is 19.9. The number of nitrogens with two attached hydrogens (primary N) is 1. The molecule has 0 bridgehead atoms. The molecule has 9 rings (SSSR count). The molecular formula is C41H40ClN7O5. The number of benzene rings is 3. The number of piperidine rings is 2. The second-order valence-corrected chi connectivity index (χ2v) is 15.2. The topological polar surface area (TPSA) is 145 Å². The number of anilines is 3. The maximum absolute atomic E-state index is 13.3. The standard InChI is InChI=1S/C41H40ClN7O5/c42-31-2-1-3-33-36(31)38(51)37-39(54-33)29(21-34(43)44-37)25-4-7-27(8-5-25)48-18-16-46(17-19-48)22-24-12-14-47(15-13-24)28-9-6-26-23-49(41(53)30(26)20-28)32-10-11-35(50)45-40(32)52/h1-9,20-21,24,32H,10-19,22-23H2,(H2,43,44)(H,45,50,52). The van der Waals surface area contributed by atoms with Crippen LogP contribution in [-0.4, -0.2) is 84.4 Å². The number of carbonyl (C=O) groups is 3. The third kappa shape index (κ3) is 6.22. The lowest BCUT2D eigenvalue weighted by atomic mass is 9.95. The number of rotatable bonds is 6. The van der Waals surface area contributed by atoms with Crippen LogP contribution in [0.2, 0.25) is 5.02 Å². The highest BCUT2D eigenvalue weighted by Gasteiger charge is 2.39. The second kappa shape index (κ2) is 13.7. The van der Waals surface area contributed by atoms with Crippen LogP contribution in [0.3, 0.4) is 0 Å². The first kappa shape index (κ1) is 34.3. The lowest BCUT2D eigenvalue weighted by molar-refractivity contribution is -0.136. The first-order valence-electron chi connectivity index (χ1n) is 18.6. The molecule has 0 radical (unpaired) electrons. The summed E-state index contributed by atoms with van der Waals surface area (Å²) in [6.45, 7) is 7.20. The molecule has 0 spiro atoms. The van der Waals surface area contributed by atoms with Gasteiger partial charge in [-0.3, -0.25) is 29.4 Å². The Hall–Kier alpha value is -5.46. The Bertz CT molecular complexity index is 2380. The van der Waals surface area contributed by atoms with Crippen molar-refractivity contribution in [2.24, 2.45) is 5.92 Å². The van der Waals surface area contributed by atoms with Crippen molar-refractivity contribution in [1.82, 2.24) is 20.1 Å². The molecule has 0 saturated carbocycles. The predicted octanol–water partition coefficient (Wildman–Crippen LogP) is 5.04. The average molecular weight is 746 g/mol. The maximum atomic E-state index is 13.3. The van der Waals surface area contributed by atoms with Crippen LogP contribution in [-0.2, 0) is 16.1 Å². The lowest BCUT2D eigenvalue weighted by Gasteiger charge is -2.40. The minimum absolute atomic E-state index is 0.131. The number of aromatic nitrogens is 1. The highest BCUT2D eigenvalue weighted by Crippen LogP contribution is 2.35. The van der Waals surface area contributed by atoms with Crippen molar-refractivity contribution in [3.05, 3.63) is 93.1 Å². The summed E-state index contributed by atoms with van der Waals surface area (Å²) in [5.41, 5.74) is 12.2. The van der Waals surface area contributed by atoms with E-state index in [9.17, 15) is 19.2 Å². The molecule has 3 fully saturated rings. The largest absolute Gasteiger partial charge is 0.453 e. The third-order valence-electron chi connectivity index (χ3n) is 11.5. The molecule has 5 aromatic rings. The van der Waals surface area contributed by atoms with Gasteiger partial charge in [0.15, 0.2) is 11.1 Å². The van der Waals surface area contributed by atoms with E-state index in [1.807, 2.05) is 24.3 Å². The monoisotopic (exact) mass is 745 g/mol. The summed E-state index contributed by atoms with van der Waals surface area (Å²) < 4.78 is 6.19. The molecule has 1 atom stereocenters. The molecule has 276 valence electrons. The molecule has 13 heteroatoms. The van der Waals surface area contributed by atoms with E-state index < -0.39 is 6.04 Å². The van der Waals surface area contributed by atoms with Crippen LogP contribution in [0.1, 0.15) is 41.6 Å². The molecule has 2 aromatic heterocycles. The Balaban J connectivity index is 0.794. The fraction of sp³-hybridized carbons (Fsp3) is 0.341. The summed E-state index contributed by atoms with van der Waals surface area (Å²) in [7, 11) is 0. The van der Waals surface area contributed by atoms with Gasteiger partial charge in [-0.15, -0.1) is 0 Å². The van der Waals surface area contributed by atoms with Crippen molar-refractivity contribution in [2.75, 3.05) is 61.3 Å². The van der Waals surface area contributed by atoms with Crippen molar-refractivity contribution < 1.29 is 18.8 Å². The molecule has 3 saturated heterocycles. The number of fused-ring (bicyclic) bond motifs is 3. The van der Waals surface area contributed by atoms with Crippen LogP contribution in [0.5, 0.6) is 0 Å². The molecule has 1 unspecified atom stereocenters. The van der Waals surface area contributed by atoms with Gasteiger partial charge in [-0.1, -0.05) is 35.9 Å². The maximum Gasteiger partial charge on any atom is 0.255 e. The predicted molar refractivity (Wildman–Crippen MR) is 209 cm³/mol. The van der Waals surface area contributed by atoms with Crippen LogP contribution >= 0.6 is 11.6 Å². The van der Waals surface area contributed by atoms with Gasteiger partial charge in [-0.2, -0.15) is 0 Å². The van der Waals surface area contributed by atoms with E-state index in [-0.39, 0.29) is 40.9 Å². The zero-order valence-corrected chi connectivity index (χ0v) is 30.5. The van der Waals surface area contributed by atoms with Crippen molar-refractivity contribution in [3.8, 4) is 11.1 Å². The minimum Gasteiger partial charge on any atom is -0.453 e. The number of carbonyl (C=O) groups excluding carboxylic acids is 3. The first-order chi connectivity index (χ1) is 26.2. The Kier molecular flexibility index (Phi) is 8.74. The summed E-state index contributed by atoms with van der Waals surface area (Å²) in [6.07, 6.45) is 2.80. The Morgan fingerprint density at radius 3 is 2.33 bits per heavy atom. The van der Waals surface area contributed by atoms with E-state index in [4.69, 9.17) is 21.8 Å². The van der Waals surface area contributed by atoms with Crippen LogP contribution in [0.25, 0.3) is 33.2 Å². The SMILES string of the molecule is Nc1cc(-c2ccc(N3CCN(CC4CCN(c5ccc6c(c5)C(=O)N(C5CCC(=O)NC5=O)C6)CC4)CC3)cc2)c2oc3cccc(Cl)c3c(=O)c2n1. The van der Waals surface area contributed by atoms with Crippen LogP contribution < -0.4 is 26.3 Å².